The molecule has 0 radical (unpaired) electrons. The molecule has 2 aromatic heterocycles. The molecule has 33 heavy (non-hydrogen) atoms. The summed E-state index contributed by atoms with van der Waals surface area (Å²) >= 11 is 7.54. The summed E-state index contributed by atoms with van der Waals surface area (Å²) < 4.78 is 1.46. The number of aromatic nitrogens is 2. The summed E-state index contributed by atoms with van der Waals surface area (Å²) in [6.45, 7) is 8.05. The SMILES string of the molecule is CCC(C(=O)Nc1ccccc1C(C)C)n1cnc2sc(C)c(-c3ccc(Cl)cc3)c2c1=O. The van der Waals surface area contributed by atoms with E-state index in [0.29, 0.717) is 21.7 Å². The maximum atomic E-state index is 13.7. The van der Waals surface area contributed by atoms with E-state index in [1.165, 1.54) is 22.2 Å². The Morgan fingerprint density at radius 1 is 1.15 bits per heavy atom. The van der Waals surface area contributed by atoms with Gasteiger partial charge in [-0.2, -0.15) is 0 Å². The van der Waals surface area contributed by atoms with Crippen molar-refractivity contribution >= 4 is 44.7 Å². The molecule has 0 aliphatic rings. The van der Waals surface area contributed by atoms with Gasteiger partial charge in [-0.15, -0.1) is 11.3 Å². The number of anilines is 1. The van der Waals surface area contributed by atoms with Crippen LogP contribution in [-0.2, 0) is 4.79 Å². The minimum atomic E-state index is -0.673. The number of hydrogen-bond donors (Lipinski definition) is 1. The van der Waals surface area contributed by atoms with Crippen LogP contribution in [0, 0.1) is 6.92 Å². The van der Waals surface area contributed by atoms with Crippen LogP contribution in [0.15, 0.2) is 59.7 Å². The molecule has 0 fully saturated rings. The number of hydrogen-bond acceptors (Lipinski definition) is 4. The fourth-order valence-corrected chi connectivity index (χ4v) is 5.27. The number of aryl methyl sites for hydroxylation is 1. The molecule has 0 aliphatic heterocycles. The van der Waals surface area contributed by atoms with Crippen molar-refractivity contribution < 1.29 is 4.79 Å². The predicted molar refractivity (Wildman–Crippen MR) is 138 cm³/mol. The predicted octanol–water partition coefficient (Wildman–Crippen LogP) is 6.80. The van der Waals surface area contributed by atoms with Gasteiger partial charge in [-0.3, -0.25) is 14.2 Å². The minimum absolute atomic E-state index is 0.214. The molecule has 1 atom stereocenters. The van der Waals surface area contributed by atoms with E-state index in [4.69, 9.17) is 11.6 Å². The lowest BCUT2D eigenvalue weighted by molar-refractivity contribution is -0.119. The fourth-order valence-electron chi connectivity index (χ4n) is 4.14. The van der Waals surface area contributed by atoms with Gasteiger partial charge in [0.25, 0.3) is 5.56 Å². The van der Waals surface area contributed by atoms with Crippen molar-refractivity contribution in [3.8, 4) is 11.1 Å². The highest BCUT2D eigenvalue weighted by Gasteiger charge is 2.24. The Labute approximate surface area is 202 Å². The first-order chi connectivity index (χ1) is 15.8. The normalized spacial score (nSPS) is 12.3. The number of nitrogens with zero attached hydrogens (tertiary/aromatic N) is 2. The lowest BCUT2D eigenvalue weighted by Gasteiger charge is -2.20. The molecule has 0 bridgehead atoms. The highest BCUT2D eigenvalue weighted by Crippen LogP contribution is 2.36. The number of thiophene rings is 1. The van der Waals surface area contributed by atoms with Gasteiger partial charge in [0.05, 0.1) is 11.7 Å². The summed E-state index contributed by atoms with van der Waals surface area (Å²) in [5.41, 5.74) is 3.36. The van der Waals surface area contributed by atoms with Gasteiger partial charge in [0.1, 0.15) is 10.9 Å². The fraction of sp³-hybridized carbons (Fsp3) is 0.269. The molecule has 0 saturated carbocycles. The average molecular weight is 480 g/mol. The Kier molecular flexibility index (Phi) is 6.68. The van der Waals surface area contributed by atoms with E-state index in [1.54, 1.807) is 0 Å². The number of carbonyl (C=O) groups is 1. The van der Waals surface area contributed by atoms with Gasteiger partial charge in [0, 0.05) is 21.2 Å². The molecular weight excluding hydrogens is 454 g/mol. The van der Waals surface area contributed by atoms with Crippen molar-refractivity contribution in [1.82, 2.24) is 9.55 Å². The zero-order chi connectivity index (χ0) is 23.7. The van der Waals surface area contributed by atoms with Crippen LogP contribution in [0.5, 0.6) is 0 Å². The topological polar surface area (TPSA) is 64.0 Å². The number of carbonyl (C=O) groups excluding carboxylic acids is 1. The number of amides is 1. The van der Waals surface area contributed by atoms with E-state index in [1.807, 2.05) is 62.4 Å². The van der Waals surface area contributed by atoms with Crippen molar-refractivity contribution in [3.05, 3.63) is 80.7 Å². The van der Waals surface area contributed by atoms with Crippen LogP contribution < -0.4 is 10.9 Å². The molecule has 7 heteroatoms. The molecule has 0 aliphatic carbocycles. The molecule has 1 unspecified atom stereocenters. The molecule has 4 rings (SSSR count). The minimum Gasteiger partial charge on any atom is -0.324 e. The maximum Gasteiger partial charge on any atom is 0.263 e. The van der Waals surface area contributed by atoms with Crippen molar-refractivity contribution in [1.29, 1.82) is 0 Å². The van der Waals surface area contributed by atoms with Gasteiger partial charge in [-0.1, -0.05) is 62.7 Å². The summed E-state index contributed by atoms with van der Waals surface area (Å²) in [7, 11) is 0. The van der Waals surface area contributed by atoms with Crippen LogP contribution >= 0.6 is 22.9 Å². The largest absolute Gasteiger partial charge is 0.324 e. The van der Waals surface area contributed by atoms with Gasteiger partial charge in [-0.05, 0) is 48.6 Å². The molecule has 4 aromatic rings. The molecule has 1 amide bonds. The van der Waals surface area contributed by atoms with Crippen molar-refractivity contribution in [3.63, 3.8) is 0 Å². The molecule has 5 nitrogen and oxygen atoms in total. The molecule has 2 heterocycles. The maximum absolute atomic E-state index is 13.7. The number of nitrogens with one attached hydrogen (secondary N) is 1. The van der Waals surface area contributed by atoms with Gasteiger partial charge in [-0.25, -0.2) is 4.98 Å². The summed E-state index contributed by atoms with van der Waals surface area (Å²) in [5, 5.41) is 4.21. The second kappa shape index (κ2) is 9.49. The van der Waals surface area contributed by atoms with E-state index >= 15 is 0 Å². The van der Waals surface area contributed by atoms with Crippen LogP contribution in [0.3, 0.4) is 0 Å². The Balaban J connectivity index is 1.78. The molecule has 170 valence electrons. The van der Waals surface area contributed by atoms with E-state index in [-0.39, 0.29) is 17.4 Å². The van der Waals surface area contributed by atoms with Crippen molar-refractivity contribution in [2.24, 2.45) is 0 Å². The van der Waals surface area contributed by atoms with Crippen LogP contribution in [0.1, 0.15) is 49.6 Å². The molecule has 1 N–H and O–H groups in total. The van der Waals surface area contributed by atoms with E-state index in [0.717, 1.165) is 27.3 Å². The Bertz CT molecular complexity index is 1370. The standard InChI is InChI=1S/C26H26ClN3O2S/c1-5-21(24(31)29-20-9-7-6-8-19(20)15(2)3)30-14-28-25-23(26(30)32)22(16(4)33-25)17-10-12-18(27)13-11-17/h6-15,21H,5H2,1-4H3,(H,29,31). The number of halogens is 1. The third-order valence-electron chi connectivity index (χ3n) is 5.81. The third kappa shape index (κ3) is 4.45. The summed E-state index contributed by atoms with van der Waals surface area (Å²) in [6.07, 6.45) is 1.95. The molecule has 0 spiro atoms. The summed E-state index contributed by atoms with van der Waals surface area (Å²) in [4.78, 5) is 33.2. The van der Waals surface area contributed by atoms with Gasteiger partial charge in [0.15, 0.2) is 0 Å². The third-order valence-corrected chi connectivity index (χ3v) is 7.08. The smallest absolute Gasteiger partial charge is 0.263 e. The van der Waals surface area contributed by atoms with E-state index < -0.39 is 6.04 Å². The zero-order valence-corrected chi connectivity index (χ0v) is 20.6. The second-order valence-corrected chi connectivity index (χ2v) is 9.97. The van der Waals surface area contributed by atoms with Crippen LogP contribution in [-0.4, -0.2) is 15.5 Å². The summed E-state index contributed by atoms with van der Waals surface area (Å²) in [6, 6.07) is 14.5. The van der Waals surface area contributed by atoms with Gasteiger partial charge >= 0.3 is 0 Å². The van der Waals surface area contributed by atoms with Crippen LogP contribution in [0.25, 0.3) is 21.3 Å². The molecule has 0 saturated heterocycles. The zero-order valence-electron chi connectivity index (χ0n) is 19.1. The monoisotopic (exact) mass is 479 g/mol. The Morgan fingerprint density at radius 2 is 1.85 bits per heavy atom. The number of rotatable bonds is 6. The first-order valence-electron chi connectivity index (χ1n) is 11.0. The highest BCUT2D eigenvalue weighted by atomic mass is 35.5. The lowest BCUT2D eigenvalue weighted by Crippen LogP contribution is -2.33. The number of fused-ring (bicyclic) bond motifs is 1. The van der Waals surface area contributed by atoms with Gasteiger partial charge in [0.2, 0.25) is 5.91 Å². The Hall–Kier alpha value is -2.96. The van der Waals surface area contributed by atoms with E-state index in [9.17, 15) is 9.59 Å². The first kappa shape index (κ1) is 23.2. The first-order valence-corrected chi connectivity index (χ1v) is 12.2. The van der Waals surface area contributed by atoms with Crippen molar-refractivity contribution in [2.45, 2.75) is 46.1 Å². The average Bonchev–Trinajstić information content (AvgIpc) is 3.13. The molecular formula is C26H26ClN3O2S. The lowest BCUT2D eigenvalue weighted by atomic mass is 10.0. The Morgan fingerprint density at radius 3 is 2.52 bits per heavy atom. The van der Waals surface area contributed by atoms with Crippen LogP contribution in [0.4, 0.5) is 5.69 Å². The highest BCUT2D eigenvalue weighted by molar-refractivity contribution is 7.19. The summed E-state index contributed by atoms with van der Waals surface area (Å²) in [5.74, 6) is 0.0341. The molecule has 2 aromatic carbocycles. The second-order valence-electron chi connectivity index (χ2n) is 8.33. The number of benzene rings is 2. The number of para-hydroxylation sites is 1. The van der Waals surface area contributed by atoms with Crippen LogP contribution in [0.2, 0.25) is 5.02 Å². The quantitative estimate of drug-likeness (QED) is 0.330. The van der Waals surface area contributed by atoms with Crippen molar-refractivity contribution in [2.75, 3.05) is 5.32 Å². The van der Waals surface area contributed by atoms with Gasteiger partial charge < -0.3 is 5.32 Å². The van der Waals surface area contributed by atoms with E-state index in [2.05, 4.69) is 24.1 Å².